The topological polar surface area (TPSA) is 62.2 Å². The summed E-state index contributed by atoms with van der Waals surface area (Å²) in [4.78, 5) is 31.4. The van der Waals surface area contributed by atoms with Crippen LogP contribution in [0.25, 0.3) is 21.3 Å². The molecule has 0 bridgehead atoms. The van der Waals surface area contributed by atoms with Crippen LogP contribution in [0.1, 0.15) is 32.5 Å². The maximum atomic E-state index is 13.3. The van der Waals surface area contributed by atoms with Gasteiger partial charge in [0.25, 0.3) is 0 Å². The van der Waals surface area contributed by atoms with Gasteiger partial charge in [0.05, 0.1) is 23.4 Å². The fourth-order valence-electron chi connectivity index (χ4n) is 3.88. The van der Waals surface area contributed by atoms with Crippen LogP contribution in [0.3, 0.4) is 0 Å². The van der Waals surface area contributed by atoms with E-state index < -0.39 is 6.17 Å². The molecule has 2 aromatic heterocycles. The Morgan fingerprint density at radius 2 is 1.97 bits per heavy atom. The number of aromatic nitrogens is 3. The number of hydrogen-bond donors (Lipinski definition) is 0. The van der Waals surface area contributed by atoms with Crippen LogP contribution < -0.4 is 4.90 Å². The van der Waals surface area contributed by atoms with Crippen molar-refractivity contribution in [2.45, 2.75) is 39.3 Å². The van der Waals surface area contributed by atoms with Gasteiger partial charge in [-0.3, -0.25) is 9.69 Å². The van der Waals surface area contributed by atoms with E-state index >= 15 is 0 Å². The lowest BCUT2D eigenvalue weighted by Gasteiger charge is -2.27. The molecule has 0 amide bonds. The molecule has 31 heavy (non-hydrogen) atoms. The lowest BCUT2D eigenvalue weighted by atomic mass is 10.1. The summed E-state index contributed by atoms with van der Waals surface area (Å²) < 4.78 is 13.3. The largest absolute Gasteiger partial charge is 0.349 e. The zero-order valence-corrected chi connectivity index (χ0v) is 18.9. The number of hydrogen-bond acceptors (Lipinski definition) is 7. The Bertz CT molecular complexity index is 1040. The molecule has 0 unspecified atom stereocenters. The van der Waals surface area contributed by atoms with Crippen LogP contribution in [0.15, 0.2) is 30.6 Å². The predicted octanol–water partition coefficient (Wildman–Crippen LogP) is 4.15. The second-order valence-electron chi connectivity index (χ2n) is 7.91. The van der Waals surface area contributed by atoms with E-state index in [1.807, 2.05) is 23.2 Å². The van der Waals surface area contributed by atoms with E-state index in [2.05, 4.69) is 39.8 Å². The Balaban J connectivity index is 1.48. The molecule has 0 saturated carbocycles. The fraction of sp³-hybridized carbons (Fsp3) is 0.478. The van der Waals surface area contributed by atoms with Crippen molar-refractivity contribution in [3.8, 4) is 10.4 Å². The third-order valence-electron chi connectivity index (χ3n) is 5.72. The first-order chi connectivity index (χ1) is 15.1. The van der Waals surface area contributed by atoms with Crippen molar-refractivity contribution in [3.63, 3.8) is 0 Å². The van der Waals surface area contributed by atoms with Crippen LogP contribution in [-0.4, -0.2) is 64.5 Å². The van der Waals surface area contributed by atoms with Crippen LogP contribution >= 0.6 is 11.3 Å². The Morgan fingerprint density at radius 3 is 2.71 bits per heavy atom. The van der Waals surface area contributed by atoms with Gasteiger partial charge in [0.15, 0.2) is 10.9 Å². The smallest absolute Gasteiger partial charge is 0.185 e. The Kier molecular flexibility index (Phi) is 6.87. The van der Waals surface area contributed by atoms with E-state index in [1.165, 1.54) is 0 Å². The van der Waals surface area contributed by atoms with Gasteiger partial charge in [-0.25, -0.2) is 19.3 Å². The number of piperidine rings is 1. The summed E-state index contributed by atoms with van der Waals surface area (Å²) in [6.45, 7) is 7.73. The average molecular weight is 442 g/mol. The van der Waals surface area contributed by atoms with E-state index in [0.29, 0.717) is 38.3 Å². The van der Waals surface area contributed by atoms with E-state index in [0.717, 1.165) is 39.6 Å². The Morgan fingerprint density at radius 1 is 1.19 bits per heavy atom. The summed E-state index contributed by atoms with van der Waals surface area (Å²) in [5, 5.41) is 1.96. The van der Waals surface area contributed by atoms with Crippen molar-refractivity contribution in [2.24, 2.45) is 0 Å². The number of thiazole rings is 1. The van der Waals surface area contributed by atoms with E-state index in [4.69, 9.17) is 0 Å². The summed E-state index contributed by atoms with van der Waals surface area (Å²) in [5.74, 6) is 0.599. The van der Waals surface area contributed by atoms with Gasteiger partial charge in [0, 0.05) is 44.0 Å². The first-order valence-electron chi connectivity index (χ1n) is 10.9. The van der Waals surface area contributed by atoms with Crippen molar-refractivity contribution in [1.29, 1.82) is 0 Å². The molecule has 6 nitrogen and oxygen atoms in total. The molecular weight excluding hydrogens is 413 g/mol. The number of likely N-dealkylation sites (tertiary alicyclic amines) is 1. The number of alkyl halides is 1. The third kappa shape index (κ3) is 5.25. The quantitative estimate of drug-likeness (QED) is 0.523. The lowest BCUT2D eigenvalue weighted by molar-refractivity contribution is -0.120. The van der Waals surface area contributed by atoms with Crippen molar-refractivity contribution in [1.82, 2.24) is 19.9 Å². The average Bonchev–Trinajstić information content (AvgIpc) is 3.26. The number of rotatable bonds is 8. The first-order valence-corrected chi connectivity index (χ1v) is 11.7. The molecule has 0 N–H and O–H groups in total. The molecular formula is C23H28FN5OS. The molecule has 4 rings (SSSR count). The minimum atomic E-state index is -0.731. The summed E-state index contributed by atoms with van der Waals surface area (Å²) in [5.41, 5.74) is 1.89. The maximum Gasteiger partial charge on any atom is 0.185 e. The molecule has 0 spiro atoms. The highest BCUT2D eigenvalue weighted by molar-refractivity contribution is 7.18. The van der Waals surface area contributed by atoms with Gasteiger partial charge in [-0.05, 0) is 38.3 Å². The SMILES string of the molecule is CCN(CC)c1ncc(-c2ccc3cnc(CC(=O)CN4CCC(F)CC4)nc3c2)s1. The minimum Gasteiger partial charge on any atom is -0.349 e. The van der Waals surface area contributed by atoms with Gasteiger partial charge in [-0.2, -0.15) is 0 Å². The highest BCUT2D eigenvalue weighted by atomic mass is 32.1. The van der Waals surface area contributed by atoms with Gasteiger partial charge in [0.1, 0.15) is 12.0 Å². The summed E-state index contributed by atoms with van der Waals surface area (Å²) in [6, 6.07) is 6.11. The normalized spacial score (nSPS) is 15.5. The van der Waals surface area contributed by atoms with E-state index in [9.17, 15) is 9.18 Å². The number of carbonyl (C=O) groups excluding carboxylic acids is 1. The number of halogens is 1. The summed E-state index contributed by atoms with van der Waals surface area (Å²) in [7, 11) is 0. The molecule has 1 fully saturated rings. The number of nitrogens with zero attached hydrogens (tertiary/aromatic N) is 5. The van der Waals surface area contributed by atoms with Crippen LogP contribution in [0.4, 0.5) is 9.52 Å². The van der Waals surface area contributed by atoms with Crippen LogP contribution in [0.5, 0.6) is 0 Å². The van der Waals surface area contributed by atoms with Gasteiger partial charge in [0.2, 0.25) is 0 Å². The molecule has 3 aromatic rings. The molecule has 0 radical (unpaired) electrons. The van der Waals surface area contributed by atoms with Crippen LogP contribution in [-0.2, 0) is 11.2 Å². The number of benzene rings is 1. The van der Waals surface area contributed by atoms with E-state index in [-0.39, 0.29) is 12.2 Å². The zero-order valence-electron chi connectivity index (χ0n) is 18.1. The first kappa shape index (κ1) is 21.8. The molecule has 3 heterocycles. The van der Waals surface area contributed by atoms with Gasteiger partial charge in [-0.15, -0.1) is 0 Å². The third-order valence-corrected chi connectivity index (χ3v) is 6.82. The molecule has 1 aliphatic rings. The standard InChI is InChI=1S/C23H28FN5OS/c1-3-29(4-2)23-26-14-21(31-23)16-5-6-17-13-25-22(27-20(17)11-16)12-19(30)15-28-9-7-18(24)8-10-28/h5-6,11,13-14,18H,3-4,7-10,12,15H2,1-2H3. The monoisotopic (exact) mass is 441 g/mol. The zero-order chi connectivity index (χ0) is 21.8. The molecule has 0 aliphatic carbocycles. The highest BCUT2D eigenvalue weighted by Crippen LogP contribution is 2.32. The van der Waals surface area contributed by atoms with Crippen molar-refractivity contribution < 1.29 is 9.18 Å². The van der Waals surface area contributed by atoms with Crippen LogP contribution in [0.2, 0.25) is 0 Å². The summed E-state index contributed by atoms with van der Waals surface area (Å²) >= 11 is 1.67. The number of anilines is 1. The van der Waals surface area contributed by atoms with Crippen LogP contribution in [0, 0.1) is 0 Å². The Hall–Kier alpha value is -2.45. The molecule has 1 saturated heterocycles. The molecule has 1 aromatic carbocycles. The Labute approximate surface area is 186 Å². The molecule has 8 heteroatoms. The second kappa shape index (κ2) is 9.78. The number of carbonyl (C=O) groups is 1. The van der Waals surface area contributed by atoms with Gasteiger partial charge in [-0.1, -0.05) is 23.5 Å². The fourth-order valence-corrected chi connectivity index (χ4v) is 4.92. The lowest BCUT2D eigenvalue weighted by Crippen LogP contribution is -2.38. The predicted molar refractivity (Wildman–Crippen MR) is 123 cm³/mol. The minimum absolute atomic E-state index is 0.0686. The van der Waals surface area contributed by atoms with Gasteiger partial charge >= 0.3 is 0 Å². The van der Waals surface area contributed by atoms with E-state index in [1.54, 1.807) is 17.5 Å². The molecule has 1 aliphatic heterocycles. The number of fused-ring (bicyclic) bond motifs is 1. The number of ketones is 1. The van der Waals surface area contributed by atoms with Gasteiger partial charge < -0.3 is 4.90 Å². The second-order valence-corrected chi connectivity index (χ2v) is 8.91. The summed E-state index contributed by atoms with van der Waals surface area (Å²) in [6.07, 6.45) is 4.17. The highest BCUT2D eigenvalue weighted by Gasteiger charge is 2.20. The van der Waals surface area contributed by atoms with Crippen molar-refractivity contribution in [2.75, 3.05) is 37.6 Å². The molecule has 164 valence electrons. The maximum absolute atomic E-state index is 13.3. The molecule has 0 atom stereocenters. The number of Topliss-reactive ketones (excluding diaryl/α,β-unsaturated/α-hetero) is 1. The van der Waals surface area contributed by atoms with Crippen molar-refractivity contribution >= 4 is 33.2 Å². The van der Waals surface area contributed by atoms with Crippen molar-refractivity contribution in [3.05, 3.63) is 36.4 Å².